The highest BCUT2D eigenvalue weighted by molar-refractivity contribution is 6.25. The summed E-state index contributed by atoms with van der Waals surface area (Å²) in [5.41, 5.74) is 5.06. The second kappa shape index (κ2) is 43.5. The topological polar surface area (TPSA) is 308 Å². The first-order valence-electron chi connectivity index (χ1n) is 16.4. The molecule has 0 aliphatic rings. The molecule has 0 aliphatic carbocycles. The van der Waals surface area contributed by atoms with Crippen LogP contribution in [0.5, 0.6) is 0 Å². The lowest BCUT2D eigenvalue weighted by Gasteiger charge is -2.05. The van der Waals surface area contributed by atoms with Gasteiger partial charge in [0.2, 0.25) is 24.0 Å². The molecule has 0 aromatic rings. The monoisotopic (exact) mass is 728 g/mol. The third kappa shape index (κ3) is 46.6. The summed E-state index contributed by atoms with van der Waals surface area (Å²) >= 11 is 0. The van der Waals surface area contributed by atoms with Crippen LogP contribution in [-0.4, -0.2) is 144 Å². The number of carbonyl (C=O) groups is 5. The highest BCUT2D eigenvalue weighted by Crippen LogP contribution is 1.96. The molecule has 0 aromatic heterocycles. The number of aliphatic hydroxyl groups is 3. The summed E-state index contributed by atoms with van der Waals surface area (Å²) in [5.74, 6) is 3.59. The van der Waals surface area contributed by atoms with Gasteiger partial charge in [-0.3, -0.25) is 24.0 Å². The summed E-state index contributed by atoms with van der Waals surface area (Å²) in [4.78, 5) is 62.9. The number of hydrogen-bond donors (Lipinski definition) is 10. The highest BCUT2D eigenvalue weighted by Gasteiger charge is 2.07. The van der Waals surface area contributed by atoms with Gasteiger partial charge >= 0.3 is 0 Å². The van der Waals surface area contributed by atoms with Crippen LogP contribution in [0.3, 0.4) is 0 Å². The molecule has 0 aromatic carbocycles. The number of unbranched alkanes of at least 4 members (excludes halogenated alkanes) is 3. The van der Waals surface area contributed by atoms with Crippen LogP contribution in [0, 0.1) is 0 Å². The smallest absolute Gasteiger partial charge is 0.276 e. The van der Waals surface area contributed by atoms with Crippen molar-refractivity contribution in [2.24, 2.45) is 16.8 Å². The molecule has 0 spiro atoms. The van der Waals surface area contributed by atoms with Crippen LogP contribution in [0.2, 0.25) is 0 Å². The summed E-state index contributed by atoms with van der Waals surface area (Å²) in [6, 6.07) is -0.778. The maximum atomic E-state index is 11.4. The average Bonchev–Trinajstić information content (AvgIpc) is 3.12. The molecule has 5 amide bonds. The van der Waals surface area contributed by atoms with Gasteiger partial charge in [-0.05, 0) is 51.9 Å². The number of oxime groups is 1. The second-order valence-corrected chi connectivity index (χ2v) is 9.81. The van der Waals surface area contributed by atoms with Crippen molar-refractivity contribution in [3.8, 4) is 0 Å². The summed E-state index contributed by atoms with van der Waals surface area (Å²) in [5, 5.41) is 40.0. The number of rotatable bonds is 25. The fraction of sp³-hybridized carbons (Fsp3) is 0.800. The van der Waals surface area contributed by atoms with Crippen LogP contribution in [0.15, 0.2) is 5.16 Å². The van der Waals surface area contributed by atoms with Gasteiger partial charge in [0.05, 0.1) is 13.2 Å². The number of nitrogens with zero attached hydrogens (tertiary/aromatic N) is 1. The minimum absolute atomic E-state index is 0.0447. The van der Waals surface area contributed by atoms with Gasteiger partial charge in [0.15, 0.2) is 0 Å². The number of nitrogens with one attached hydrogen (secondary N) is 5. The normalized spacial score (nSPS) is 10.6. The Kier molecular flexibility index (Phi) is 46.4. The SMILES string of the molecule is CCOCCCC(=O)NCCCCO/N=C/C(=O)NC.CNC(=O)C(N)CO.CNC(=O)C(O)O.COCCCCC(=O)NCCCCON. The predicted molar refractivity (Wildman–Crippen MR) is 186 cm³/mol. The van der Waals surface area contributed by atoms with Gasteiger partial charge in [-0.2, -0.15) is 0 Å². The van der Waals surface area contributed by atoms with Crippen LogP contribution in [0.25, 0.3) is 0 Å². The number of aliphatic hydroxyl groups excluding tert-OH is 2. The molecule has 0 radical (unpaired) electrons. The van der Waals surface area contributed by atoms with E-state index in [2.05, 4.69) is 31.3 Å². The lowest BCUT2D eigenvalue weighted by atomic mass is 10.2. The van der Waals surface area contributed by atoms with E-state index in [1.807, 2.05) is 12.2 Å². The Bertz CT molecular complexity index is 855. The van der Waals surface area contributed by atoms with Crippen molar-refractivity contribution in [3.05, 3.63) is 0 Å². The summed E-state index contributed by atoms with van der Waals surface area (Å²) in [6.07, 6.45) is 6.19. The van der Waals surface area contributed by atoms with Gasteiger partial charge in [0, 0.05) is 74.0 Å². The maximum Gasteiger partial charge on any atom is 0.276 e. The Hall–Kier alpha value is -3.50. The number of nitrogens with two attached hydrogens (primary N) is 2. The van der Waals surface area contributed by atoms with Crippen molar-refractivity contribution in [3.63, 3.8) is 0 Å². The predicted octanol–water partition coefficient (Wildman–Crippen LogP) is -2.87. The zero-order valence-electron chi connectivity index (χ0n) is 30.4. The van der Waals surface area contributed by atoms with E-state index in [4.69, 9.17) is 41.3 Å². The molecule has 296 valence electrons. The lowest BCUT2D eigenvalue weighted by Crippen LogP contribution is -2.41. The van der Waals surface area contributed by atoms with E-state index >= 15 is 0 Å². The quantitative estimate of drug-likeness (QED) is 0.0196. The highest BCUT2D eigenvalue weighted by atomic mass is 16.6. The molecule has 0 saturated carbocycles. The third-order valence-electron chi connectivity index (χ3n) is 5.65. The molecule has 0 fully saturated rings. The summed E-state index contributed by atoms with van der Waals surface area (Å²) in [7, 11) is 5.98. The molecule has 0 saturated heterocycles. The molecule has 12 N–H and O–H groups in total. The van der Waals surface area contributed by atoms with Crippen molar-refractivity contribution >= 4 is 35.8 Å². The molecular formula is C30H64N8O12. The van der Waals surface area contributed by atoms with Crippen LogP contribution < -0.4 is 38.2 Å². The first-order chi connectivity index (χ1) is 23.9. The molecule has 20 heteroatoms. The molecular weight excluding hydrogens is 664 g/mol. The molecule has 1 unspecified atom stereocenters. The van der Waals surface area contributed by atoms with Gasteiger partial charge in [-0.1, -0.05) is 5.16 Å². The van der Waals surface area contributed by atoms with E-state index in [0.717, 1.165) is 57.8 Å². The van der Waals surface area contributed by atoms with Gasteiger partial charge < -0.3 is 66.8 Å². The Morgan fingerprint density at radius 1 is 0.760 bits per heavy atom. The number of methoxy groups -OCH3 is 1. The van der Waals surface area contributed by atoms with Crippen molar-refractivity contribution in [1.82, 2.24) is 26.6 Å². The Labute approximate surface area is 295 Å². The lowest BCUT2D eigenvalue weighted by molar-refractivity contribution is -0.146. The van der Waals surface area contributed by atoms with Crippen molar-refractivity contribution in [2.45, 2.75) is 77.0 Å². The molecule has 0 bridgehead atoms. The van der Waals surface area contributed by atoms with Gasteiger partial charge in [-0.15, -0.1) is 0 Å². The Morgan fingerprint density at radius 3 is 1.72 bits per heavy atom. The first-order valence-corrected chi connectivity index (χ1v) is 16.4. The van der Waals surface area contributed by atoms with E-state index in [1.54, 1.807) is 7.11 Å². The number of likely N-dealkylation sites (N-methyl/N-ethyl adjacent to an activating group) is 2. The van der Waals surface area contributed by atoms with Gasteiger partial charge in [0.1, 0.15) is 18.9 Å². The fourth-order valence-corrected chi connectivity index (χ4v) is 2.85. The largest absolute Gasteiger partial charge is 0.396 e. The molecule has 0 aliphatic heterocycles. The van der Waals surface area contributed by atoms with Crippen LogP contribution in [0.4, 0.5) is 0 Å². The molecule has 1 atom stereocenters. The average molecular weight is 729 g/mol. The Balaban J connectivity index is -0.000000308. The second-order valence-electron chi connectivity index (χ2n) is 9.81. The van der Waals surface area contributed by atoms with E-state index in [1.165, 1.54) is 21.1 Å². The van der Waals surface area contributed by atoms with Crippen molar-refractivity contribution < 1.29 is 58.4 Å². The van der Waals surface area contributed by atoms with E-state index in [-0.39, 0.29) is 30.2 Å². The fourth-order valence-electron chi connectivity index (χ4n) is 2.85. The minimum atomic E-state index is -1.88. The minimum Gasteiger partial charge on any atom is -0.396 e. The standard InChI is InChI=1S/C13H25N3O4.C10H22N2O3.C4H10N2O2.C3H7NO3/c1-3-19-9-6-7-12(17)15-8-4-5-10-20-16-11-13(18)14-2;1-14-8-4-2-6-10(13)12-7-3-5-9-15-11;1-6-4(8)3(5)2-7;1-4-2(5)3(6)7/h11H,3-10H2,1-2H3,(H,14,18)(H,15,17);2-9,11H2,1H3,(H,12,13);3,7H,2,5H2,1H3,(H,6,8);3,6-7H,1H3,(H,4,5)/b16-11+;;;. The number of carbonyl (C=O) groups excluding carboxylic acids is 5. The third-order valence-corrected chi connectivity index (χ3v) is 5.65. The summed E-state index contributed by atoms with van der Waals surface area (Å²) < 4.78 is 10.0. The number of ether oxygens (including phenoxy) is 2. The zero-order valence-corrected chi connectivity index (χ0v) is 30.4. The molecule has 0 rings (SSSR count). The zero-order chi connectivity index (χ0) is 38.8. The van der Waals surface area contributed by atoms with Crippen LogP contribution in [0.1, 0.15) is 64.7 Å². The van der Waals surface area contributed by atoms with Crippen molar-refractivity contribution in [1.29, 1.82) is 0 Å². The van der Waals surface area contributed by atoms with Gasteiger partial charge in [-0.25, -0.2) is 5.90 Å². The first kappa shape index (κ1) is 53.3. The maximum absolute atomic E-state index is 11.4. The van der Waals surface area contributed by atoms with E-state index in [0.29, 0.717) is 52.4 Å². The summed E-state index contributed by atoms with van der Waals surface area (Å²) in [6.45, 7) is 5.95. The Morgan fingerprint density at radius 2 is 1.30 bits per heavy atom. The number of amides is 5. The van der Waals surface area contributed by atoms with Crippen molar-refractivity contribution in [2.75, 3.05) is 81.0 Å². The number of hydrogen-bond acceptors (Lipinski definition) is 15. The van der Waals surface area contributed by atoms with Crippen LogP contribution in [-0.2, 0) is 43.1 Å². The molecule has 20 nitrogen and oxygen atoms in total. The molecule has 50 heavy (non-hydrogen) atoms. The van der Waals surface area contributed by atoms with E-state index < -0.39 is 18.2 Å². The van der Waals surface area contributed by atoms with E-state index in [9.17, 15) is 24.0 Å². The molecule has 0 heterocycles. The van der Waals surface area contributed by atoms with Gasteiger partial charge in [0.25, 0.3) is 11.8 Å². The van der Waals surface area contributed by atoms with Crippen LogP contribution >= 0.6 is 0 Å².